The van der Waals surface area contributed by atoms with Crippen LogP contribution >= 0.6 is 0 Å². The van der Waals surface area contributed by atoms with Crippen LogP contribution in [0.15, 0.2) is 21.5 Å². The molecule has 2 aromatic rings. The number of nitrogens with one attached hydrogen (secondary N) is 1. The Bertz CT molecular complexity index is 1070. The molecule has 0 saturated heterocycles. The maximum absolute atomic E-state index is 12.7. The smallest absolute Gasteiger partial charge is 0.322 e. The molecule has 5 rings (SSSR count). The van der Waals surface area contributed by atoms with Crippen molar-refractivity contribution < 1.29 is 18.8 Å². The summed E-state index contributed by atoms with van der Waals surface area (Å²) in [6.07, 6.45) is 7.54. The van der Waals surface area contributed by atoms with E-state index in [-0.39, 0.29) is 23.9 Å². The predicted octanol–water partition coefficient (Wildman–Crippen LogP) is 2.74. The summed E-state index contributed by atoms with van der Waals surface area (Å²) in [5.74, 6) is 0.285. The Kier molecular flexibility index (Phi) is 4.40. The number of carbonyl (C=O) groups is 1. The summed E-state index contributed by atoms with van der Waals surface area (Å²) in [4.78, 5) is 12.8. The van der Waals surface area contributed by atoms with Gasteiger partial charge in [0.25, 0.3) is 0 Å². The molecule has 2 heterocycles. The lowest BCUT2D eigenvalue weighted by atomic mass is 9.99. The molecule has 2 aliphatic carbocycles. The van der Waals surface area contributed by atoms with E-state index in [1.165, 1.54) is 33.1 Å². The van der Waals surface area contributed by atoms with Crippen LogP contribution in [0.25, 0.3) is 0 Å². The monoisotopic (exact) mass is 415 g/mol. The summed E-state index contributed by atoms with van der Waals surface area (Å²) < 4.78 is 23.5. The fraction of sp³-hybridized carbons (Fsp3) is 0.500. The predicted molar refractivity (Wildman–Crippen MR) is 107 cm³/mol. The van der Waals surface area contributed by atoms with E-state index in [9.17, 15) is 14.1 Å². The molecule has 2 N–H and O–H groups in total. The van der Waals surface area contributed by atoms with Gasteiger partial charge in [0.1, 0.15) is 12.2 Å². The van der Waals surface area contributed by atoms with Crippen LogP contribution in [0.5, 0.6) is 5.88 Å². The van der Waals surface area contributed by atoms with Crippen molar-refractivity contribution in [3.8, 4) is 5.88 Å². The molecule has 0 spiro atoms. The van der Waals surface area contributed by atoms with E-state index < -0.39 is 22.2 Å². The van der Waals surface area contributed by atoms with E-state index in [0.29, 0.717) is 0 Å². The van der Waals surface area contributed by atoms with E-state index in [2.05, 4.69) is 20.8 Å². The highest BCUT2D eigenvalue weighted by Gasteiger charge is 2.30. The van der Waals surface area contributed by atoms with Gasteiger partial charge in [-0.25, -0.2) is 9.48 Å². The van der Waals surface area contributed by atoms with Crippen molar-refractivity contribution in [3.05, 3.63) is 34.5 Å². The highest BCUT2D eigenvalue weighted by molar-refractivity contribution is 7.75. The first-order chi connectivity index (χ1) is 13.9. The minimum absolute atomic E-state index is 0.0668. The van der Waals surface area contributed by atoms with Crippen LogP contribution in [0, 0.1) is 0 Å². The molecule has 2 amide bonds. The third-order valence-corrected chi connectivity index (χ3v) is 6.82. The number of rotatable bonds is 2. The van der Waals surface area contributed by atoms with Gasteiger partial charge < -0.3 is 23.7 Å². The number of nitrogens with zero attached hydrogens (tertiary/aromatic N) is 3. The molecule has 0 unspecified atom stereocenters. The highest BCUT2D eigenvalue weighted by atomic mass is 32.2. The molecule has 1 aliphatic heterocycles. The summed E-state index contributed by atoms with van der Waals surface area (Å²) in [5, 5.41) is 17.1. The minimum Gasteiger partial charge on any atom is -0.476 e. The van der Waals surface area contributed by atoms with E-state index in [4.69, 9.17) is 4.74 Å². The number of benzene rings is 1. The van der Waals surface area contributed by atoms with E-state index >= 15 is 0 Å². The van der Waals surface area contributed by atoms with Crippen LogP contribution in [0.3, 0.4) is 0 Å². The van der Waals surface area contributed by atoms with Gasteiger partial charge >= 0.3 is 6.03 Å². The summed E-state index contributed by atoms with van der Waals surface area (Å²) in [6, 6.07) is 1.67. The van der Waals surface area contributed by atoms with Gasteiger partial charge in [-0.3, -0.25) is 0 Å². The third kappa shape index (κ3) is 3.32. The fourth-order valence-corrected chi connectivity index (χ4v) is 5.29. The van der Waals surface area contributed by atoms with Crippen molar-refractivity contribution in [2.24, 2.45) is 4.36 Å². The minimum atomic E-state index is -1.94. The second kappa shape index (κ2) is 6.84. The van der Waals surface area contributed by atoms with Gasteiger partial charge in [0.15, 0.2) is 5.88 Å². The van der Waals surface area contributed by atoms with Gasteiger partial charge in [-0.05, 0) is 72.6 Å². The molecule has 0 saturated carbocycles. The van der Waals surface area contributed by atoms with E-state index in [1.807, 2.05) is 0 Å². The van der Waals surface area contributed by atoms with Crippen LogP contribution in [0.1, 0.15) is 42.0 Å². The third-order valence-electron chi connectivity index (χ3n) is 5.83. The van der Waals surface area contributed by atoms with Gasteiger partial charge in [-0.1, -0.05) is 6.07 Å². The second-order valence-electron chi connectivity index (χ2n) is 8.26. The number of urea groups is 1. The maximum atomic E-state index is 12.7. The first kappa shape index (κ1) is 18.6. The summed E-state index contributed by atoms with van der Waals surface area (Å²) in [6.45, 7) is 1.94. The Labute approximate surface area is 170 Å². The number of hydrogen-bond acceptors (Lipinski definition) is 6. The molecule has 0 fully saturated rings. The number of aromatic nitrogens is 2. The van der Waals surface area contributed by atoms with Crippen molar-refractivity contribution >= 4 is 22.3 Å². The second-order valence-corrected chi connectivity index (χ2v) is 9.38. The lowest BCUT2D eigenvalue weighted by Gasteiger charge is -2.29. The van der Waals surface area contributed by atoms with Crippen molar-refractivity contribution in [1.29, 1.82) is 0 Å². The molecule has 3 aliphatic rings. The van der Waals surface area contributed by atoms with Crippen molar-refractivity contribution in [2.75, 3.05) is 11.9 Å². The van der Waals surface area contributed by atoms with Gasteiger partial charge in [0, 0.05) is 11.9 Å². The first-order valence-electron chi connectivity index (χ1n) is 9.93. The van der Waals surface area contributed by atoms with Crippen LogP contribution in [-0.4, -0.2) is 33.1 Å². The average molecular weight is 415 g/mol. The topological polar surface area (TPSA) is 106 Å². The standard InChI is InChI=1S/C20H23N4O4S/c1-20(26)10-24-18(28-11-20)16(9-21-24)29(27)23-19(25)22-17-14-6-2-4-12(14)8-13-5-3-7-15(13)17/h8-9,26H,2-7,10-11H2,1H3,(H,22,25)/q-1/t20-/m1/s1. The Balaban J connectivity index is 1.42. The first-order valence-corrected chi connectivity index (χ1v) is 11.0. The number of hydrogen-bond donors (Lipinski definition) is 2. The van der Waals surface area contributed by atoms with Crippen molar-refractivity contribution in [3.63, 3.8) is 0 Å². The Hall–Kier alpha value is -2.39. The normalized spacial score (nSPS) is 23.2. The summed E-state index contributed by atoms with van der Waals surface area (Å²) in [5.41, 5.74) is 4.87. The van der Waals surface area contributed by atoms with Gasteiger partial charge in [-0.2, -0.15) is 5.10 Å². The number of fused-ring (bicyclic) bond motifs is 3. The zero-order valence-corrected chi connectivity index (χ0v) is 17.0. The summed E-state index contributed by atoms with van der Waals surface area (Å²) in [7, 11) is -1.94. The van der Waals surface area contributed by atoms with Crippen molar-refractivity contribution in [1.82, 2.24) is 9.78 Å². The van der Waals surface area contributed by atoms with Crippen LogP contribution in [0.4, 0.5) is 10.5 Å². The Morgan fingerprint density at radius 1 is 1.28 bits per heavy atom. The van der Waals surface area contributed by atoms with Gasteiger partial charge in [0.05, 0.1) is 6.54 Å². The molecule has 1 aromatic carbocycles. The molecular weight excluding hydrogens is 392 g/mol. The quantitative estimate of drug-likeness (QED) is 0.734. The van der Waals surface area contributed by atoms with E-state index in [0.717, 1.165) is 44.2 Å². The molecule has 29 heavy (non-hydrogen) atoms. The fourth-order valence-electron chi connectivity index (χ4n) is 4.55. The largest absolute Gasteiger partial charge is 0.476 e. The molecule has 9 heteroatoms. The Morgan fingerprint density at radius 3 is 2.66 bits per heavy atom. The molecule has 154 valence electrons. The Morgan fingerprint density at radius 2 is 1.97 bits per heavy atom. The van der Waals surface area contributed by atoms with Crippen LogP contribution < -0.4 is 10.1 Å². The van der Waals surface area contributed by atoms with Gasteiger partial charge in [-0.15, -0.1) is 10.6 Å². The highest BCUT2D eigenvalue weighted by Crippen LogP contribution is 2.38. The zero-order valence-electron chi connectivity index (χ0n) is 16.2. The summed E-state index contributed by atoms with van der Waals surface area (Å²) >= 11 is 0. The van der Waals surface area contributed by atoms with Gasteiger partial charge in [0.2, 0.25) is 0 Å². The molecule has 8 nitrogen and oxygen atoms in total. The van der Waals surface area contributed by atoms with Crippen molar-refractivity contribution in [2.45, 2.75) is 62.5 Å². The number of aryl methyl sites for hydroxylation is 2. The average Bonchev–Trinajstić information content (AvgIpc) is 3.38. The zero-order chi connectivity index (χ0) is 20.2. The number of anilines is 1. The SMILES string of the molecule is C[C@]1(O)COc2c([S-](=O)=NC(=O)Nc3c4c(cc5c3CCC5)CCC4)cnn2C1. The molecule has 0 bridgehead atoms. The lowest BCUT2D eigenvalue weighted by Crippen LogP contribution is -2.41. The number of aliphatic hydroxyl groups is 1. The molecular formula is C20H23N4O4S-. The molecule has 1 aromatic heterocycles. The lowest BCUT2D eigenvalue weighted by molar-refractivity contribution is -0.0325. The van der Waals surface area contributed by atoms with Crippen LogP contribution in [0.2, 0.25) is 0 Å². The van der Waals surface area contributed by atoms with Crippen LogP contribution in [-0.2, 0) is 47.0 Å². The van der Waals surface area contributed by atoms with E-state index in [1.54, 1.807) is 6.92 Å². The molecule has 0 radical (unpaired) electrons. The number of amides is 2. The number of carbonyl (C=O) groups excluding carboxylic acids is 1. The maximum Gasteiger partial charge on any atom is 0.322 e. The number of ether oxygens (including phenoxy) is 1. The molecule has 1 atom stereocenters.